The van der Waals surface area contributed by atoms with Gasteiger partial charge in [0, 0.05) is 26.3 Å². The summed E-state index contributed by atoms with van der Waals surface area (Å²) in [7, 11) is 1.56. The summed E-state index contributed by atoms with van der Waals surface area (Å²) in [5.41, 5.74) is 12.1. The minimum Gasteiger partial charge on any atom is -0.493 e. The van der Waals surface area contributed by atoms with E-state index in [1.807, 2.05) is 12.1 Å². The van der Waals surface area contributed by atoms with Crippen molar-refractivity contribution < 1.29 is 14.6 Å². The van der Waals surface area contributed by atoms with Gasteiger partial charge in [-0.3, -0.25) is 0 Å². The van der Waals surface area contributed by atoms with Gasteiger partial charge in [-0.1, -0.05) is 29.3 Å². The molecule has 0 heterocycles. The lowest BCUT2D eigenvalue weighted by Crippen LogP contribution is -2.63. The first-order valence-corrected chi connectivity index (χ1v) is 7.67. The minimum atomic E-state index is -0.0574. The standard InChI is InChI=1S/C16H16Cl2N4O2/c1-23-15-6-10(8-21-22-16(19)20)2-5-14(15)24-9-11-3-4-12(17)7-13(11)18/h2-8H,9H2,1H3,(H4,19,20,22)/p+1/b21-8+. The third-order valence-electron chi connectivity index (χ3n) is 3.01. The van der Waals surface area contributed by atoms with E-state index in [2.05, 4.69) is 10.2 Å². The zero-order valence-corrected chi connectivity index (χ0v) is 14.4. The van der Waals surface area contributed by atoms with Gasteiger partial charge in [-0.2, -0.15) is 0 Å². The van der Waals surface area contributed by atoms with Gasteiger partial charge in [-0.25, -0.2) is 0 Å². The second-order valence-electron chi connectivity index (χ2n) is 4.74. The molecule has 0 aliphatic heterocycles. The highest BCUT2D eigenvalue weighted by molar-refractivity contribution is 6.35. The summed E-state index contributed by atoms with van der Waals surface area (Å²) in [6, 6.07) is 10.7. The predicted molar refractivity (Wildman–Crippen MR) is 95.7 cm³/mol. The van der Waals surface area contributed by atoms with E-state index in [-0.39, 0.29) is 5.96 Å². The van der Waals surface area contributed by atoms with E-state index in [1.165, 1.54) is 0 Å². The fraction of sp³-hybridized carbons (Fsp3) is 0.125. The quantitative estimate of drug-likeness (QED) is 0.406. The van der Waals surface area contributed by atoms with Gasteiger partial charge >= 0.3 is 0 Å². The average Bonchev–Trinajstić information content (AvgIpc) is 2.54. The van der Waals surface area contributed by atoms with Crippen LogP contribution in [-0.2, 0) is 6.61 Å². The third kappa shape index (κ3) is 5.04. The number of guanidine groups is 1. The van der Waals surface area contributed by atoms with E-state index in [0.29, 0.717) is 28.2 Å². The van der Waals surface area contributed by atoms with E-state index >= 15 is 0 Å². The summed E-state index contributed by atoms with van der Waals surface area (Å²) >= 11 is 12.0. The second kappa shape index (κ2) is 8.42. The van der Waals surface area contributed by atoms with Crippen molar-refractivity contribution in [2.45, 2.75) is 6.61 Å². The number of hydrogen-bond acceptors (Lipinski definition) is 3. The zero-order valence-electron chi connectivity index (χ0n) is 12.9. The Bertz CT molecular complexity index is 775. The maximum Gasteiger partial charge on any atom is 0.256 e. The second-order valence-corrected chi connectivity index (χ2v) is 5.59. The minimum absolute atomic E-state index is 0.0574. The van der Waals surface area contributed by atoms with Gasteiger partial charge in [0.1, 0.15) is 6.61 Å². The molecule has 0 atom stereocenters. The number of methoxy groups -OCH3 is 1. The normalized spacial score (nSPS) is 10.6. The number of nitrogens with one attached hydrogen (secondary N) is 1. The van der Waals surface area contributed by atoms with Crippen LogP contribution >= 0.6 is 23.2 Å². The molecule has 2 rings (SSSR count). The van der Waals surface area contributed by atoms with Gasteiger partial charge in [-0.15, -0.1) is 5.10 Å². The Labute approximate surface area is 149 Å². The van der Waals surface area contributed by atoms with Crippen molar-refractivity contribution in [1.29, 1.82) is 0 Å². The summed E-state index contributed by atoms with van der Waals surface area (Å²) in [4.78, 5) is 0. The molecule has 2 aromatic carbocycles. The Morgan fingerprint density at radius 1 is 1.17 bits per heavy atom. The summed E-state index contributed by atoms with van der Waals surface area (Å²) in [6.07, 6.45) is 1.63. The highest BCUT2D eigenvalue weighted by Crippen LogP contribution is 2.29. The Morgan fingerprint density at radius 2 is 1.96 bits per heavy atom. The van der Waals surface area contributed by atoms with Crippen LogP contribution in [0.2, 0.25) is 10.0 Å². The van der Waals surface area contributed by atoms with Crippen LogP contribution in [-0.4, -0.2) is 19.3 Å². The fourth-order valence-electron chi connectivity index (χ4n) is 1.87. The number of nitrogens with zero attached hydrogens (tertiary/aromatic N) is 1. The third-order valence-corrected chi connectivity index (χ3v) is 3.60. The van der Waals surface area contributed by atoms with Gasteiger partial charge in [-0.05, 0) is 30.3 Å². The predicted octanol–water partition coefficient (Wildman–Crippen LogP) is 1.27. The maximum atomic E-state index is 6.14. The van der Waals surface area contributed by atoms with Crippen molar-refractivity contribution in [1.82, 2.24) is 0 Å². The molecule has 0 aliphatic rings. The molecule has 0 bridgehead atoms. The van der Waals surface area contributed by atoms with E-state index in [0.717, 1.165) is 11.1 Å². The fourth-order valence-corrected chi connectivity index (χ4v) is 2.33. The van der Waals surface area contributed by atoms with Crippen molar-refractivity contribution in [2.24, 2.45) is 16.6 Å². The Kier molecular flexibility index (Phi) is 6.28. The first-order valence-electron chi connectivity index (χ1n) is 6.91. The molecule has 6 nitrogen and oxygen atoms in total. The lowest BCUT2D eigenvalue weighted by Gasteiger charge is -2.11. The molecule has 2 aromatic rings. The summed E-state index contributed by atoms with van der Waals surface area (Å²) in [5, 5.41) is 7.42. The summed E-state index contributed by atoms with van der Waals surface area (Å²) in [6.45, 7) is 0.293. The Morgan fingerprint density at radius 3 is 2.62 bits per heavy atom. The monoisotopic (exact) mass is 367 g/mol. The van der Waals surface area contributed by atoms with E-state index in [9.17, 15) is 0 Å². The number of ether oxygens (including phenoxy) is 2. The largest absolute Gasteiger partial charge is 0.493 e. The van der Waals surface area contributed by atoms with Crippen molar-refractivity contribution in [3.8, 4) is 11.5 Å². The molecule has 5 N–H and O–H groups in total. The van der Waals surface area contributed by atoms with Crippen LogP contribution in [0.4, 0.5) is 0 Å². The SMILES string of the molecule is COc1cc(/C=[NH+]/N=C(N)N)ccc1OCc1ccc(Cl)cc1Cl. The van der Waals surface area contributed by atoms with Gasteiger partial charge in [0.15, 0.2) is 11.5 Å². The zero-order chi connectivity index (χ0) is 17.5. The van der Waals surface area contributed by atoms with Crippen LogP contribution in [0.15, 0.2) is 41.5 Å². The molecule has 126 valence electrons. The lowest BCUT2D eigenvalue weighted by atomic mass is 10.2. The molecule has 0 aliphatic carbocycles. The van der Waals surface area contributed by atoms with E-state index < -0.39 is 0 Å². The molecule has 0 unspecified atom stereocenters. The van der Waals surface area contributed by atoms with Crippen LogP contribution in [0.3, 0.4) is 0 Å². The van der Waals surface area contributed by atoms with E-state index in [4.69, 9.17) is 44.1 Å². The number of nitrogens with two attached hydrogens (primary N) is 2. The molecule has 0 saturated carbocycles. The number of hydrazone groups is 1. The number of halogens is 2. The van der Waals surface area contributed by atoms with Crippen LogP contribution in [0, 0.1) is 0 Å². The van der Waals surface area contributed by atoms with Gasteiger partial charge in [0.2, 0.25) is 6.21 Å². The molecule has 0 spiro atoms. The topological polar surface area (TPSA) is 96.8 Å². The summed E-state index contributed by atoms with van der Waals surface area (Å²) < 4.78 is 11.1. The molecule has 0 fully saturated rings. The summed E-state index contributed by atoms with van der Waals surface area (Å²) in [5.74, 6) is 1.10. The molecule has 0 radical (unpaired) electrons. The van der Waals surface area contributed by atoms with Crippen molar-refractivity contribution in [3.63, 3.8) is 0 Å². The molecule has 0 aromatic heterocycles. The molecule has 0 saturated heterocycles. The van der Waals surface area contributed by atoms with Crippen LogP contribution in [0.1, 0.15) is 11.1 Å². The Balaban J connectivity index is 2.12. The molecular weight excluding hydrogens is 351 g/mol. The van der Waals surface area contributed by atoms with Crippen LogP contribution in [0.25, 0.3) is 0 Å². The smallest absolute Gasteiger partial charge is 0.256 e. The highest BCUT2D eigenvalue weighted by atomic mass is 35.5. The highest BCUT2D eigenvalue weighted by Gasteiger charge is 2.08. The number of rotatable bonds is 6. The maximum absolute atomic E-state index is 6.14. The van der Waals surface area contributed by atoms with E-state index in [1.54, 1.807) is 37.6 Å². The van der Waals surface area contributed by atoms with Gasteiger partial charge < -0.3 is 20.9 Å². The van der Waals surface area contributed by atoms with Gasteiger partial charge in [0.05, 0.1) is 7.11 Å². The number of hydrogen-bond donors (Lipinski definition) is 3. The van der Waals surface area contributed by atoms with Gasteiger partial charge in [0.25, 0.3) is 5.96 Å². The molecule has 24 heavy (non-hydrogen) atoms. The molecule has 8 heteroatoms. The van der Waals surface area contributed by atoms with Crippen molar-refractivity contribution in [2.75, 3.05) is 7.11 Å². The molecular formula is C16H17Cl2N4O2+. The lowest BCUT2D eigenvalue weighted by molar-refractivity contribution is -0.456. The van der Waals surface area contributed by atoms with Crippen molar-refractivity contribution in [3.05, 3.63) is 57.6 Å². The molecule has 0 amide bonds. The first-order chi connectivity index (χ1) is 11.5. The number of benzene rings is 2. The first kappa shape index (κ1) is 17.9. The van der Waals surface area contributed by atoms with Crippen molar-refractivity contribution >= 4 is 35.4 Å². The van der Waals surface area contributed by atoms with Crippen LogP contribution in [0.5, 0.6) is 11.5 Å². The Hall–Kier alpha value is -2.44. The average molecular weight is 368 g/mol. The van der Waals surface area contributed by atoms with Crippen LogP contribution < -0.4 is 26.0 Å².